The molecule has 1 rings (SSSR count). The average molecular weight is 190 g/mol. The Bertz CT molecular complexity index is 365. The summed E-state index contributed by atoms with van der Waals surface area (Å²) in [6.45, 7) is 1.64. The number of rotatable bonds is 3. The van der Waals surface area contributed by atoms with Crippen LogP contribution in [-0.2, 0) is 11.2 Å². The molecule has 1 atom stereocenters. The second-order valence-electron chi connectivity index (χ2n) is 3.11. The van der Waals surface area contributed by atoms with E-state index in [4.69, 9.17) is 10.4 Å². The number of aliphatic carboxylic acids is 1. The average Bonchev–Trinajstić information content (AvgIpc) is 2.19. The molecule has 1 aromatic rings. The Morgan fingerprint density at radius 3 is 2.86 bits per heavy atom. The van der Waals surface area contributed by atoms with Gasteiger partial charge in [-0.1, -0.05) is 13.0 Å². The van der Waals surface area contributed by atoms with Crippen LogP contribution in [0.2, 0.25) is 0 Å². The molecule has 0 fully saturated rings. The summed E-state index contributed by atoms with van der Waals surface area (Å²) in [5.74, 6) is -1.25. The molecule has 1 heterocycles. The Labute approximate surface area is 81.8 Å². The first-order valence-corrected chi connectivity index (χ1v) is 4.21. The molecular weight excluding hydrogens is 180 g/mol. The van der Waals surface area contributed by atoms with E-state index in [0.717, 1.165) is 5.56 Å². The third-order valence-electron chi connectivity index (χ3n) is 1.90. The van der Waals surface area contributed by atoms with Gasteiger partial charge < -0.3 is 5.11 Å². The molecule has 4 nitrogen and oxygen atoms in total. The lowest BCUT2D eigenvalue weighted by molar-refractivity contribution is -0.141. The van der Waals surface area contributed by atoms with Crippen LogP contribution in [-0.4, -0.2) is 16.1 Å². The predicted molar refractivity (Wildman–Crippen MR) is 49.5 cm³/mol. The van der Waals surface area contributed by atoms with E-state index < -0.39 is 11.9 Å². The summed E-state index contributed by atoms with van der Waals surface area (Å²) in [6.07, 6.45) is 1.98. The maximum absolute atomic E-state index is 10.6. The molecule has 1 aromatic heterocycles. The Kier molecular flexibility index (Phi) is 3.19. The fourth-order valence-corrected chi connectivity index (χ4v) is 1.05. The van der Waals surface area contributed by atoms with Crippen molar-refractivity contribution in [3.8, 4) is 6.07 Å². The van der Waals surface area contributed by atoms with Gasteiger partial charge in [-0.15, -0.1) is 0 Å². The molecule has 0 aliphatic rings. The van der Waals surface area contributed by atoms with Crippen LogP contribution in [0.15, 0.2) is 18.3 Å². The Morgan fingerprint density at radius 2 is 2.43 bits per heavy atom. The van der Waals surface area contributed by atoms with Crippen LogP contribution < -0.4 is 0 Å². The zero-order valence-electron chi connectivity index (χ0n) is 7.77. The summed E-state index contributed by atoms with van der Waals surface area (Å²) < 4.78 is 0. The lowest BCUT2D eigenvalue weighted by Crippen LogP contribution is -2.12. The maximum Gasteiger partial charge on any atom is 0.306 e. The maximum atomic E-state index is 10.6. The van der Waals surface area contributed by atoms with E-state index in [2.05, 4.69) is 4.98 Å². The fraction of sp³-hybridized carbons (Fsp3) is 0.300. The molecule has 0 amide bonds. The number of aromatic nitrogens is 1. The molecule has 4 heteroatoms. The van der Waals surface area contributed by atoms with Gasteiger partial charge >= 0.3 is 5.97 Å². The van der Waals surface area contributed by atoms with Crippen LogP contribution in [0, 0.1) is 17.2 Å². The van der Waals surface area contributed by atoms with Gasteiger partial charge in [0, 0.05) is 6.20 Å². The summed E-state index contributed by atoms with van der Waals surface area (Å²) in [4.78, 5) is 14.4. The highest BCUT2D eigenvalue weighted by Crippen LogP contribution is 2.07. The largest absolute Gasteiger partial charge is 0.481 e. The van der Waals surface area contributed by atoms with Gasteiger partial charge in [0.15, 0.2) is 0 Å². The second-order valence-corrected chi connectivity index (χ2v) is 3.11. The highest BCUT2D eigenvalue weighted by Gasteiger charge is 2.11. The minimum Gasteiger partial charge on any atom is -0.481 e. The number of carboxylic acid groups (broad SMARTS) is 1. The lowest BCUT2D eigenvalue weighted by atomic mass is 10.0. The summed E-state index contributed by atoms with van der Waals surface area (Å²) >= 11 is 0. The normalized spacial score (nSPS) is 11.7. The molecule has 0 radical (unpaired) electrons. The van der Waals surface area contributed by atoms with E-state index in [1.165, 1.54) is 6.20 Å². The van der Waals surface area contributed by atoms with Crippen LogP contribution in [0.4, 0.5) is 0 Å². The van der Waals surface area contributed by atoms with Crippen molar-refractivity contribution < 1.29 is 9.90 Å². The first-order chi connectivity index (χ1) is 6.63. The molecule has 0 saturated heterocycles. The SMILES string of the molecule is CC(Cc1ccc(C#N)nc1)C(=O)O. The smallest absolute Gasteiger partial charge is 0.306 e. The van der Waals surface area contributed by atoms with Crippen LogP contribution in [0.5, 0.6) is 0 Å². The van der Waals surface area contributed by atoms with Gasteiger partial charge in [-0.2, -0.15) is 5.26 Å². The second kappa shape index (κ2) is 4.38. The molecule has 0 aliphatic heterocycles. The van der Waals surface area contributed by atoms with Gasteiger partial charge in [0.25, 0.3) is 0 Å². The summed E-state index contributed by atoms with van der Waals surface area (Å²) in [6, 6.07) is 5.22. The highest BCUT2D eigenvalue weighted by molar-refractivity contribution is 5.69. The molecule has 1 N–H and O–H groups in total. The van der Waals surface area contributed by atoms with Gasteiger partial charge in [0.2, 0.25) is 0 Å². The van der Waals surface area contributed by atoms with E-state index in [9.17, 15) is 4.79 Å². The molecule has 0 aliphatic carbocycles. The number of hydrogen-bond acceptors (Lipinski definition) is 3. The van der Waals surface area contributed by atoms with Crippen LogP contribution in [0.25, 0.3) is 0 Å². The number of nitriles is 1. The van der Waals surface area contributed by atoms with Crippen molar-refractivity contribution >= 4 is 5.97 Å². The Morgan fingerprint density at radius 1 is 1.71 bits per heavy atom. The third kappa shape index (κ3) is 2.56. The number of hydrogen-bond donors (Lipinski definition) is 1. The van der Waals surface area contributed by atoms with E-state index in [1.807, 2.05) is 6.07 Å². The number of pyridine rings is 1. The number of carboxylic acids is 1. The number of carbonyl (C=O) groups is 1. The minimum absolute atomic E-state index is 0.344. The molecule has 14 heavy (non-hydrogen) atoms. The van der Waals surface area contributed by atoms with Crippen LogP contribution in [0.1, 0.15) is 18.2 Å². The van der Waals surface area contributed by atoms with Gasteiger partial charge in [-0.05, 0) is 18.1 Å². The molecular formula is C10H10N2O2. The first-order valence-electron chi connectivity index (χ1n) is 4.21. The summed E-state index contributed by atoms with van der Waals surface area (Å²) in [7, 11) is 0. The van der Waals surface area contributed by atoms with Crippen LogP contribution >= 0.6 is 0 Å². The van der Waals surface area contributed by atoms with E-state index in [1.54, 1.807) is 19.1 Å². The standard InChI is InChI=1S/C10H10N2O2/c1-7(10(13)14)4-8-2-3-9(5-11)12-6-8/h2-3,6-7H,4H2,1H3,(H,13,14). The zero-order valence-corrected chi connectivity index (χ0v) is 7.77. The van der Waals surface area contributed by atoms with Crippen LogP contribution in [0.3, 0.4) is 0 Å². The number of nitrogens with zero attached hydrogens (tertiary/aromatic N) is 2. The zero-order chi connectivity index (χ0) is 10.6. The Balaban J connectivity index is 2.70. The topological polar surface area (TPSA) is 74.0 Å². The van der Waals surface area contributed by atoms with E-state index in [0.29, 0.717) is 12.1 Å². The molecule has 0 bridgehead atoms. The van der Waals surface area contributed by atoms with Crippen molar-refractivity contribution in [3.05, 3.63) is 29.6 Å². The molecule has 0 saturated carbocycles. The predicted octanol–water partition coefficient (Wildman–Crippen LogP) is 1.22. The fourth-order valence-electron chi connectivity index (χ4n) is 1.05. The molecule has 0 spiro atoms. The molecule has 72 valence electrons. The lowest BCUT2D eigenvalue weighted by Gasteiger charge is -2.04. The van der Waals surface area contributed by atoms with E-state index in [-0.39, 0.29) is 0 Å². The van der Waals surface area contributed by atoms with E-state index >= 15 is 0 Å². The first kappa shape index (κ1) is 10.2. The van der Waals surface area contributed by atoms with Crippen molar-refractivity contribution in [2.75, 3.05) is 0 Å². The minimum atomic E-state index is -0.825. The Hall–Kier alpha value is -1.89. The van der Waals surface area contributed by atoms with Crippen molar-refractivity contribution in [1.82, 2.24) is 4.98 Å². The monoisotopic (exact) mass is 190 g/mol. The van der Waals surface area contributed by atoms with Gasteiger partial charge in [0.05, 0.1) is 5.92 Å². The van der Waals surface area contributed by atoms with Crippen molar-refractivity contribution in [2.24, 2.45) is 5.92 Å². The third-order valence-corrected chi connectivity index (χ3v) is 1.90. The van der Waals surface area contributed by atoms with Gasteiger partial charge in [-0.3, -0.25) is 4.79 Å². The molecule has 0 aromatic carbocycles. The van der Waals surface area contributed by atoms with Crippen molar-refractivity contribution in [3.63, 3.8) is 0 Å². The quantitative estimate of drug-likeness (QED) is 0.777. The highest BCUT2D eigenvalue weighted by atomic mass is 16.4. The summed E-state index contributed by atoms with van der Waals surface area (Å²) in [5, 5.41) is 17.2. The summed E-state index contributed by atoms with van der Waals surface area (Å²) in [5.41, 5.74) is 1.18. The van der Waals surface area contributed by atoms with Gasteiger partial charge in [0.1, 0.15) is 11.8 Å². The molecule has 1 unspecified atom stereocenters. The van der Waals surface area contributed by atoms with Gasteiger partial charge in [-0.25, -0.2) is 4.98 Å². The van der Waals surface area contributed by atoms with Crippen molar-refractivity contribution in [2.45, 2.75) is 13.3 Å². The van der Waals surface area contributed by atoms with Crippen molar-refractivity contribution in [1.29, 1.82) is 5.26 Å².